The molecule has 1 rings (SSSR count). The Labute approximate surface area is 101 Å². The van der Waals surface area contributed by atoms with Crippen molar-refractivity contribution in [1.82, 2.24) is 9.29 Å². The standard InChI is InChI=1S/C9H11F3N2O3S/c1-18(16,17)13-4-6-14-5-2-3-7(8(14)15)9(10,11)12/h2-3,5,13H,4,6H2,1H3. The highest BCUT2D eigenvalue weighted by molar-refractivity contribution is 7.88. The minimum atomic E-state index is -4.72. The number of aromatic nitrogens is 1. The summed E-state index contributed by atoms with van der Waals surface area (Å²) < 4.78 is 61.6. The molecule has 1 N–H and O–H groups in total. The molecule has 0 aliphatic carbocycles. The van der Waals surface area contributed by atoms with E-state index in [1.54, 1.807) is 0 Å². The van der Waals surface area contributed by atoms with E-state index in [-0.39, 0.29) is 13.1 Å². The number of rotatable bonds is 4. The van der Waals surface area contributed by atoms with Crippen LogP contribution in [0.25, 0.3) is 0 Å². The van der Waals surface area contributed by atoms with Crippen LogP contribution in [0.15, 0.2) is 23.1 Å². The zero-order chi connectivity index (χ0) is 14.0. The Kier molecular flexibility index (Phi) is 4.17. The van der Waals surface area contributed by atoms with E-state index in [9.17, 15) is 26.4 Å². The van der Waals surface area contributed by atoms with E-state index in [4.69, 9.17) is 0 Å². The number of halogens is 3. The Bertz CT molecular complexity index is 577. The molecular formula is C9H11F3N2O3S. The normalized spacial score (nSPS) is 12.7. The average Bonchev–Trinajstić information content (AvgIpc) is 2.17. The fraction of sp³-hybridized carbons (Fsp3) is 0.444. The highest BCUT2D eigenvalue weighted by Crippen LogP contribution is 2.25. The molecule has 1 aromatic rings. The second kappa shape index (κ2) is 5.11. The highest BCUT2D eigenvalue weighted by Gasteiger charge is 2.34. The minimum absolute atomic E-state index is 0.153. The van der Waals surface area contributed by atoms with Crippen molar-refractivity contribution in [3.63, 3.8) is 0 Å². The summed E-state index contributed by atoms with van der Waals surface area (Å²) in [7, 11) is -3.43. The fourth-order valence-corrected chi connectivity index (χ4v) is 1.74. The average molecular weight is 284 g/mol. The smallest absolute Gasteiger partial charge is 0.314 e. The number of sulfonamides is 1. The summed E-state index contributed by atoms with van der Waals surface area (Å²) in [4.78, 5) is 11.4. The second-order valence-corrected chi connectivity index (χ2v) is 5.42. The molecule has 0 spiro atoms. The largest absolute Gasteiger partial charge is 0.421 e. The first-order chi connectivity index (χ1) is 8.11. The molecular weight excluding hydrogens is 273 g/mol. The monoisotopic (exact) mass is 284 g/mol. The van der Waals surface area contributed by atoms with Crippen molar-refractivity contribution in [3.8, 4) is 0 Å². The van der Waals surface area contributed by atoms with Crippen molar-refractivity contribution in [2.75, 3.05) is 12.8 Å². The van der Waals surface area contributed by atoms with E-state index in [1.165, 1.54) is 6.20 Å². The van der Waals surface area contributed by atoms with E-state index in [0.29, 0.717) is 6.07 Å². The van der Waals surface area contributed by atoms with E-state index in [1.807, 2.05) is 0 Å². The van der Waals surface area contributed by atoms with Gasteiger partial charge >= 0.3 is 6.18 Å². The predicted molar refractivity (Wildman–Crippen MR) is 58.6 cm³/mol. The van der Waals surface area contributed by atoms with Gasteiger partial charge in [0.05, 0.1) is 6.26 Å². The lowest BCUT2D eigenvalue weighted by molar-refractivity contribution is -0.139. The number of hydrogen-bond donors (Lipinski definition) is 1. The molecule has 0 saturated carbocycles. The molecule has 0 aromatic carbocycles. The van der Waals surface area contributed by atoms with Crippen molar-refractivity contribution in [3.05, 3.63) is 34.2 Å². The van der Waals surface area contributed by atoms with Gasteiger partial charge in [0.1, 0.15) is 5.56 Å². The summed E-state index contributed by atoms with van der Waals surface area (Å²) >= 11 is 0. The zero-order valence-corrected chi connectivity index (χ0v) is 10.2. The molecule has 5 nitrogen and oxygen atoms in total. The molecule has 0 unspecified atom stereocenters. The highest BCUT2D eigenvalue weighted by atomic mass is 32.2. The van der Waals surface area contributed by atoms with Crippen molar-refractivity contribution in [2.24, 2.45) is 0 Å². The van der Waals surface area contributed by atoms with Crippen LogP contribution in [0, 0.1) is 0 Å². The topological polar surface area (TPSA) is 68.2 Å². The molecule has 102 valence electrons. The number of nitrogens with zero attached hydrogens (tertiary/aromatic N) is 1. The van der Waals surface area contributed by atoms with Crippen LogP contribution in [0.4, 0.5) is 13.2 Å². The summed E-state index contributed by atoms with van der Waals surface area (Å²) in [6.07, 6.45) is -2.63. The van der Waals surface area contributed by atoms with Gasteiger partial charge in [0, 0.05) is 19.3 Å². The van der Waals surface area contributed by atoms with Gasteiger partial charge in [-0.1, -0.05) is 0 Å². The molecule has 0 saturated heterocycles. The quantitative estimate of drug-likeness (QED) is 0.871. The van der Waals surface area contributed by atoms with Crippen LogP contribution in [0.2, 0.25) is 0 Å². The van der Waals surface area contributed by atoms with Gasteiger partial charge in [-0.15, -0.1) is 0 Å². The molecule has 18 heavy (non-hydrogen) atoms. The molecule has 1 heterocycles. The molecule has 0 amide bonds. The fourth-order valence-electron chi connectivity index (χ4n) is 1.28. The SMILES string of the molecule is CS(=O)(=O)NCCn1cccc(C(F)(F)F)c1=O. The Balaban J connectivity index is 2.89. The molecule has 1 aromatic heterocycles. The van der Waals surface area contributed by atoms with Crippen LogP contribution >= 0.6 is 0 Å². The minimum Gasteiger partial charge on any atom is -0.314 e. The lowest BCUT2D eigenvalue weighted by Gasteiger charge is -2.10. The van der Waals surface area contributed by atoms with Crippen LogP contribution in [0.1, 0.15) is 5.56 Å². The molecule has 0 aliphatic heterocycles. The number of pyridine rings is 1. The van der Waals surface area contributed by atoms with Crippen LogP contribution in [0.5, 0.6) is 0 Å². The lowest BCUT2D eigenvalue weighted by atomic mass is 10.2. The third-order valence-corrected chi connectivity index (χ3v) is 2.77. The first-order valence-corrected chi connectivity index (χ1v) is 6.72. The third-order valence-electron chi connectivity index (χ3n) is 2.04. The van der Waals surface area contributed by atoms with Gasteiger partial charge in [0.25, 0.3) is 5.56 Å². The van der Waals surface area contributed by atoms with Gasteiger partial charge in [-0.3, -0.25) is 4.79 Å². The van der Waals surface area contributed by atoms with Gasteiger partial charge in [-0.2, -0.15) is 13.2 Å². The first kappa shape index (κ1) is 14.7. The number of nitrogens with one attached hydrogen (secondary N) is 1. The van der Waals surface area contributed by atoms with Gasteiger partial charge in [0.15, 0.2) is 0 Å². The van der Waals surface area contributed by atoms with Crippen molar-refractivity contribution in [2.45, 2.75) is 12.7 Å². The summed E-state index contributed by atoms with van der Waals surface area (Å²) in [5.41, 5.74) is -2.47. The maximum Gasteiger partial charge on any atom is 0.421 e. The maximum absolute atomic E-state index is 12.4. The van der Waals surface area contributed by atoms with Gasteiger partial charge in [-0.25, -0.2) is 13.1 Å². The Morgan fingerprint density at radius 1 is 1.39 bits per heavy atom. The first-order valence-electron chi connectivity index (χ1n) is 4.82. The van der Waals surface area contributed by atoms with Crippen LogP contribution in [-0.2, 0) is 22.7 Å². The van der Waals surface area contributed by atoms with Crippen LogP contribution in [-0.4, -0.2) is 25.8 Å². The van der Waals surface area contributed by atoms with Gasteiger partial charge < -0.3 is 4.57 Å². The van der Waals surface area contributed by atoms with Crippen molar-refractivity contribution in [1.29, 1.82) is 0 Å². The lowest BCUT2D eigenvalue weighted by Crippen LogP contribution is -2.32. The van der Waals surface area contributed by atoms with Crippen LogP contribution < -0.4 is 10.3 Å². The Morgan fingerprint density at radius 2 is 2.00 bits per heavy atom. The summed E-state index contributed by atoms with van der Waals surface area (Å²) in [5, 5.41) is 0. The van der Waals surface area contributed by atoms with Crippen molar-refractivity contribution >= 4 is 10.0 Å². The zero-order valence-electron chi connectivity index (χ0n) is 9.36. The predicted octanol–water partition coefficient (Wildman–Crippen LogP) is 0.416. The third kappa shape index (κ3) is 4.15. The number of alkyl halides is 3. The van der Waals surface area contributed by atoms with Gasteiger partial charge in [-0.05, 0) is 12.1 Å². The number of hydrogen-bond acceptors (Lipinski definition) is 3. The maximum atomic E-state index is 12.4. The van der Waals surface area contributed by atoms with E-state index < -0.39 is 27.3 Å². The second-order valence-electron chi connectivity index (χ2n) is 3.58. The van der Waals surface area contributed by atoms with Crippen molar-refractivity contribution < 1.29 is 21.6 Å². The molecule has 9 heteroatoms. The Morgan fingerprint density at radius 3 is 2.50 bits per heavy atom. The van der Waals surface area contributed by atoms with E-state index >= 15 is 0 Å². The summed E-state index contributed by atoms with van der Waals surface area (Å²) in [6.45, 7) is -0.324. The molecule has 0 aliphatic rings. The summed E-state index contributed by atoms with van der Waals surface area (Å²) in [6, 6.07) is 1.77. The van der Waals surface area contributed by atoms with Gasteiger partial charge in [0.2, 0.25) is 10.0 Å². The molecule has 0 fully saturated rings. The van der Waals surface area contributed by atoms with Crippen LogP contribution in [0.3, 0.4) is 0 Å². The summed E-state index contributed by atoms with van der Waals surface area (Å²) in [5.74, 6) is 0. The molecule has 0 bridgehead atoms. The Hall–Kier alpha value is -1.35. The molecule has 0 radical (unpaired) electrons. The molecule has 0 atom stereocenters. The van der Waals surface area contributed by atoms with E-state index in [0.717, 1.165) is 16.9 Å². The van der Waals surface area contributed by atoms with E-state index in [2.05, 4.69) is 4.72 Å².